The number of aryl methyl sites for hydroxylation is 1. The van der Waals surface area contributed by atoms with Gasteiger partial charge < -0.3 is 10.4 Å². The number of hydrogen-bond donors (Lipinski definition) is 3. The van der Waals surface area contributed by atoms with Crippen LogP contribution in [0, 0.1) is 6.92 Å². The summed E-state index contributed by atoms with van der Waals surface area (Å²) < 4.78 is 0. The van der Waals surface area contributed by atoms with Crippen LogP contribution in [0.2, 0.25) is 0 Å². The predicted molar refractivity (Wildman–Crippen MR) is 77.7 cm³/mol. The molecule has 0 atom stereocenters. The van der Waals surface area contributed by atoms with Crippen LogP contribution in [0.1, 0.15) is 36.8 Å². The molecule has 114 valence electrons. The Labute approximate surface area is 123 Å². The van der Waals surface area contributed by atoms with E-state index in [2.05, 4.69) is 10.6 Å². The Morgan fingerprint density at radius 2 is 1.76 bits per heavy atom. The molecule has 0 radical (unpaired) electrons. The predicted octanol–water partition coefficient (Wildman–Crippen LogP) is 1.97. The summed E-state index contributed by atoms with van der Waals surface area (Å²) in [5.74, 6) is -1.28. The van der Waals surface area contributed by atoms with Crippen molar-refractivity contribution >= 4 is 17.9 Å². The molecule has 0 spiro atoms. The highest BCUT2D eigenvalue weighted by molar-refractivity contribution is 5.94. The lowest BCUT2D eigenvalue weighted by Gasteiger charge is -2.08. The third-order valence-corrected chi connectivity index (χ3v) is 3.00. The Morgan fingerprint density at radius 3 is 2.43 bits per heavy atom. The molecule has 3 amide bonds. The van der Waals surface area contributed by atoms with Crippen LogP contribution in [0.4, 0.5) is 4.79 Å². The van der Waals surface area contributed by atoms with Gasteiger partial charge in [0, 0.05) is 19.4 Å². The number of aliphatic carboxylic acids is 1. The lowest BCUT2D eigenvalue weighted by atomic mass is 10.1. The minimum Gasteiger partial charge on any atom is -0.481 e. The van der Waals surface area contributed by atoms with Gasteiger partial charge in [0.05, 0.1) is 0 Å². The average molecular weight is 292 g/mol. The van der Waals surface area contributed by atoms with E-state index in [0.29, 0.717) is 19.4 Å². The Kier molecular flexibility index (Phi) is 6.94. The summed E-state index contributed by atoms with van der Waals surface area (Å²) in [4.78, 5) is 33.3. The van der Waals surface area contributed by atoms with Gasteiger partial charge in [0.2, 0.25) is 5.91 Å². The van der Waals surface area contributed by atoms with Crippen molar-refractivity contribution in [2.24, 2.45) is 0 Å². The minimum atomic E-state index is -0.883. The number of benzene rings is 1. The molecule has 0 saturated heterocycles. The maximum atomic E-state index is 11.5. The van der Waals surface area contributed by atoms with Crippen LogP contribution in [-0.2, 0) is 16.1 Å². The first-order valence-electron chi connectivity index (χ1n) is 6.83. The van der Waals surface area contributed by atoms with Crippen LogP contribution in [-0.4, -0.2) is 23.0 Å². The highest BCUT2D eigenvalue weighted by Crippen LogP contribution is 2.05. The number of carbonyl (C=O) groups is 3. The molecule has 1 aromatic rings. The molecule has 6 heteroatoms. The van der Waals surface area contributed by atoms with E-state index in [9.17, 15) is 14.4 Å². The van der Waals surface area contributed by atoms with Gasteiger partial charge in [-0.15, -0.1) is 0 Å². The molecule has 0 saturated carbocycles. The van der Waals surface area contributed by atoms with Crippen molar-refractivity contribution in [1.82, 2.24) is 10.6 Å². The molecule has 0 heterocycles. The standard InChI is InChI=1S/C15H20N2O4/c1-11-6-2-3-7-12(11)10-16-15(21)17-13(18)8-4-5-9-14(19)20/h2-3,6-7H,4-5,8-10H2,1H3,(H,19,20)(H2,16,17,18,21). The number of urea groups is 1. The molecule has 0 aliphatic rings. The number of carboxylic acids is 1. The highest BCUT2D eigenvalue weighted by atomic mass is 16.4. The summed E-state index contributed by atoms with van der Waals surface area (Å²) in [6.45, 7) is 2.30. The van der Waals surface area contributed by atoms with Crippen LogP contribution in [0.25, 0.3) is 0 Å². The molecule has 21 heavy (non-hydrogen) atoms. The van der Waals surface area contributed by atoms with E-state index in [1.807, 2.05) is 31.2 Å². The second-order valence-electron chi connectivity index (χ2n) is 4.76. The van der Waals surface area contributed by atoms with E-state index < -0.39 is 17.9 Å². The average Bonchev–Trinajstić information content (AvgIpc) is 2.42. The van der Waals surface area contributed by atoms with Crippen molar-refractivity contribution in [2.45, 2.75) is 39.2 Å². The van der Waals surface area contributed by atoms with Crippen LogP contribution < -0.4 is 10.6 Å². The Bertz CT molecular complexity index is 514. The van der Waals surface area contributed by atoms with Crippen LogP contribution in [0.15, 0.2) is 24.3 Å². The molecular formula is C15H20N2O4. The second kappa shape index (κ2) is 8.73. The first-order chi connectivity index (χ1) is 9.99. The Balaban J connectivity index is 2.22. The van der Waals surface area contributed by atoms with E-state index in [0.717, 1.165) is 11.1 Å². The molecule has 0 unspecified atom stereocenters. The molecule has 0 aliphatic heterocycles. The smallest absolute Gasteiger partial charge is 0.321 e. The lowest BCUT2D eigenvalue weighted by Crippen LogP contribution is -2.39. The SMILES string of the molecule is Cc1ccccc1CNC(=O)NC(=O)CCCCC(=O)O. The van der Waals surface area contributed by atoms with Gasteiger partial charge in [-0.25, -0.2) is 4.79 Å². The zero-order valence-corrected chi connectivity index (χ0v) is 12.0. The van der Waals surface area contributed by atoms with Gasteiger partial charge in [-0.3, -0.25) is 14.9 Å². The summed E-state index contributed by atoms with van der Waals surface area (Å²) in [7, 11) is 0. The number of rotatable bonds is 7. The first kappa shape index (κ1) is 16.7. The first-order valence-corrected chi connectivity index (χ1v) is 6.83. The summed E-state index contributed by atoms with van der Waals surface area (Å²) in [6, 6.07) is 7.11. The molecule has 0 aliphatic carbocycles. The van der Waals surface area contributed by atoms with Gasteiger partial charge in [-0.2, -0.15) is 0 Å². The van der Waals surface area contributed by atoms with Crippen LogP contribution in [0.5, 0.6) is 0 Å². The fraction of sp³-hybridized carbons (Fsp3) is 0.400. The zero-order valence-electron chi connectivity index (χ0n) is 12.0. The molecule has 3 N–H and O–H groups in total. The Morgan fingerprint density at radius 1 is 1.10 bits per heavy atom. The molecule has 6 nitrogen and oxygen atoms in total. The molecule has 0 aromatic heterocycles. The third-order valence-electron chi connectivity index (χ3n) is 3.00. The van der Waals surface area contributed by atoms with E-state index in [1.165, 1.54) is 0 Å². The molecule has 1 aromatic carbocycles. The number of carboxylic acid groups (broad SMARTS) is 1. The van der Waals surface area contributed by atoms with Crippen molar-refractivity contribution in [3.05, 3.63) is 35.4 Å². The van der Waals surface area contributed by atoms with E-state index >= 15 is 0 Å². The van der Waals surface area contributed by atoms with E-state index in [4.69, 9.17) is 5.11 Å². The van der Waals surface area contributed by atoms with Crippen LogP contribution in [0.3, 0.4) is 0 Å². The topological polar surface area (TPSA) is 95.5 Å². The lowest BCUT2D eigenvalue weighted by molar-refractivity contribution is -0.137. The third kappa shape index (κ3) is 7.10. The van der Waals surface area contributed by atoms with Crippen molar-refractivity contribution < 1.29 is 19.5 Å². The normalized spacial score (nSPS) is 9.95. The Hall–Kier alpha value is -2.37. The maximum Gasteiger partial charge on any atom is 0.321 e. The number of unbranched alkanes of at least 4 members (excludes halogenated alkanes) is 1. The summed E-state index contributed by atoms with van der Waals surface area (Å²) in [6.07, 6.45) is 1.05. The van der Waals surface area contributed by atoms with Gasteiger partial charge >= 0.3 is 12.0 Å². The summed E-state index contributed by atoms with van der Waals surface area (Å²) >= 11 is 0. The number of nitrogens with one attached hydrogen (secondary N) is 2. The maximum absolute atomic E-state index is 11.5. The van der Waals surface area contributed by atoms with Gasteiger partial charge in [-0.05, 0) is 30.9 Å². The van der Waals surface area contributed by atoms with E-state index in [1.54, 1.807) is 0 Å². The fourth-order valence-electron chi connectivity index (χ4n) is 1.78. The van der Waals surface area contributed by atoms with Gasteiger partial charge in [0.15, 0.2) is 0 Å². The molecule has 0 bridgehead atoms. The second-order valence-corrected chi connectivity index (χ2v) is 4.76. The monoisotopic (exact) mass is 292 g/mol. The quantitative estimate of drug-likeness (QED) is 0.669. The van der Waals surface area contributed by atoms with Crippen molar-refractivity contribution in [1.29, 1.82) is 0 Å². The number of carbonyl (C=O) groups excluding carboxylic acids is 2. The molecular weight excluding hydrogens is 272 g/mol. The minimum absolute atomic E-state index is 0.0345. The number of hydrogen-bond acceptors (Lipinski definition) is 3. The van der Waals surface area contributed by atoms with Crippen molar-refractivity contribution in [3.63, 3.8) is 0 Å². The fourth-order valence-corrected chi connectivity index (χ4v) is 1.78. The summed E-state index contributed by atoms with van der Waals surface area (Å²) in [5, 5.41) is 13.3. The summed E-state index contributed by atoms with van der Waals surface area (Å²) in [5.41, 5.74) is 2.05. The van der Waals surface area contributed by atoms with Gasteiger partial charge in [-0.1, -0.05) is 24.3 Å². The largest absolute Gasteiger partial charge is 0.481 e. The van der Waals surface area contributed by atoms with Crippen molar-refractivity contribution in [3.8, 4) is 0 Å². The van der Waals surface area contributed by atoms with E-state index in [-0.39, 0.29) is 12.8 Å². The molecule has 0 fully saturated rings. The van der Waals surface area contributed by atoms with Gasteiger partial charge in [0.25, 0.3) is 0 Å². The molecule has 1 rings (SSSR count). The number of imide groups is 1. The highest BCUT2D eigenvalue weighted by Gasteiger charge is 2.08. The van der Waals surface area contributed by atoms with Crippen molar-refractivity contribution in [2.75, 3.05) is 0 Å². The van der Waals surface area contributed by atoms with Gasteiger partial charge in [0.1, 0.15) is 0 Å². The number of amides is 3. The zero-order chi connectivity index (χ0) is 15.7. The van der Waals surface area contributed by atoms with Crippen LogP contribution >= 0.6 is 0 Å².